The van der Waals surface area contributed by atoms with Crippen LogP contribution in [0.15, 0.2) is 78.9 Å². The van der Waals surface area contributed by atoms with Crippen molar-refractivity contribution in [3.05, 3.63) is 95.6 Å². The molecular weight excluding hydrogens is 374 g/mol. The van der Waals surface area contributed by atoms with E-state index in [0.29, 0.717) is 0 Å². The van der Waals surface area contributed by atoms with Crippen LogP contribution in [0.5, 0.6) is 5.75 Å². The number of anilines is 1. The first-order valence-electron chi connectivity index (χ1n) is 10.4. The van der Waals surface area contributed by atoms with Gasteiger partial charge in [0.2, 0.25) is 5.91 Å². The van der Waals surface area contributed by atoms with E-state index < -0.39 is 0 Å². The summed E-state index contributed by atoms with van der Waals surface area (Å²) in [5, 5.41) is 9.36. The van der Waals surface area contributed by atoms with E-state index in [0.717, 1.165) is 41.8 Å². The van der Waals surface area contributed by atoms with Crippen LogP contribution in [0.3, 0.4) is 0 Å². The van der Waals surface area contributed by atoms with Gasteiger partial charge in [0.05, 0.1) is 25.7 Å². The lowest BCUT2D eigenvalue weighted by Crippen LogP contribution is -2.55. The lowest BCUT2D eigenvalue weighted by molar-refractivity contribution is -0.130. The fourth-order valence-electron chi connectivity index (χ4n) is 4.23. The quantitative estimate of drug-likeness (QED) is 0.546. The Morgan fingerprint density at radius 1 is 0.900 bits per heavy atom. The number of β-lactam (4-membered cyclic amide) rings is 1. The summed E-state index contributed by atoms with van der Waals surface area (Å²) in [4.78, 5) is 15.0. The van der Waals surface area contributed by atoms with E-state index in [1.54, 1.807) is 7.11 Å². The maximum atomic E-state index is 13.1. The fraction of sp³-hybridized carbons (Fsp3) is 0.269. The molecule has 1 aliphatic heterocycles. The third kappa shape index (κ3) is 4.10. The van der Waals surface area contributed by atoms with Gasteiger partial charge in [0.25, 0.3) is 0 Å². The van der Waals surface area contributed by atoms with Gasteiger partial charge in [0.1, 0.15) is 5.75 Å². The zero-order valence-corrected chi connectivity index (χ0v) is 17.2. The van der Waals surface area contributed by atoms with Crippen LogP contribution < -0.4 is 9.64 Å². The number of aliphatic hydroxyl groups excluding tert-OH is 1. The Morgan fingerprint density at radius 3 is 2.23 bits per heavy atom. The molecule has 0 aromatic heterocycles. The van der Waals surface area contributed by atoms with Crippen molar-refractivity contribution in [3.8, 4) is 5.75 Å². The summed E-state index contributed by atoms with van der Waals surface area (Å²) < 4.78 is 5.25. The number of ether oxygens (including phenoxy) is 1. The van der Waals surface area contributed by atoms with Crippen LogP contribution in [0.25, 0.3) is 0 Å². The van der Waals surface area contributed by atoms with Crippen molar-refractivity contribution < 1.29 is 14.6 Å². The highest BCUT2D eigenvalue weighted by Gasteiger charge is 2.48. The van der Waals surface area contributed by atoms with Crippen LogP contribution in [0.2, 0.25) is 0 Å². The van der Waals surface area contributed by atoms with Gasteiger partial charge in [-0.05, 0) is 60.2 Å². The number of carbonyl (C=O) groups is 1. The predicted octanol–water partition coefficient (Wildman–Crippen LogP) is 4.91. The number of benzene rings is 3. The van der Waals surface area contributed by atoms with Crippen molar-refractivity contribution in [3.63, 3.8) is 0 Å². The number of aliphatic hydroxyl groups is 1. The average Bonchev–Trinajstić information content (AvgIpc) is 2.81. The second kappa shape index (κ2) is 9.14. The van der Waals surface area contributed by atoms with E-state index in [1.165, 1.54) is 5.56 Å². The molecular formula is C26H27NO3. The van der Waals surface area contributed by atoms with Crippen molar-refractivity contribution >= 4 is 11.6 Å². The highest BCUT2D eigenvalue weighted by molar-refractivity contribution is 6.03. The number of aryl methyl sites for hydroxylation is 1. The Kier molecular flexibility index (Phi) is 6.15. The number of rotatable bonds is 8. The van der Waals surface area contributed by atoms with E-state index in [4.69, 9.17) is 4.74 Å². The molecule has 0 spiro atoms. The molecule has 1 fully saturated rings. The first-order chi connectivity index (χ1) is 14.7. The summed E-state index contributed by atoms with van der Waals surface area (Å²) in [6, 6.07) is 26.0. The molecule has 2 atom stereocenters. The molecule has 1 saturated heterocycles. The van der Waals surface area contributed by atoms with Crippen LogP contribution >= 0.6 is 0 Å². The van der Waals surface area contributed by atoms with Gasteiger partial charge in [-0.15, -0.1) is 0 Å². The van der Waals surface area contributed by atoms with Crippen molar-refractivity contribution in [2.45, 2.75) is 31.9 Å². The number of hydrogen-bond acceptors (Lipinski definition) is 3. The van der Waals surface area contributed by atoms with Gasteiger partial charge in [0.15, 0.2) is 0 Å². The molecule has 1 heterocycles. The maximum Gasteiger partial charge on any atom is 0.233 e. The summed E-state index contributed by atoms with van der Waals surface area (Å²) in [5.41, 5.74) is 4.17. The predicted molar refractivity (Wildman–Crippen MR) is 118 cm³/mol. The highest BCUT2D eigenvalue weighted by Crippen LogP contribution is 2.46. The van der Waals surface area contributed by atoms with Crippen LogP contribution in [-0.4, -0.2) is 18.1 Å². The SMILES string of the molecule is COc1ccc(N2C(=O)[C@H](CCCc3ccccc3)[C@H]2c2ccc(CO)cc2)cc1. The molecule has 4 nitrogen and oxygen atoms in total. The molecule has 3 aromatic carbocycles. The molecule has 4 rings (SSSR count). The number of nitrogens with zero attached hydrogens (tertiary/aromatic N) is 1. The van der Waals surface area contributed by atoms with E-state index in [-0.39, 0.29) is 24.5 Å². The molecule has 3 aromatic rings. The molecule has 1 aliphatic rings. The van der Waals surface area contributed by atoms with Gasteiger partial charge in [-0.3, -0.25) is 4.79 Å². The van der Waals surface area contributed by atoms with Gasteiger partial charge >= 0.3 is 0 Å². The first kappa shape index (κ1) is 20.2. The second-order valence-corrected chi connectivity index (χ2v) is 7.74. The second-order valence-electron chi connectivity index (χ2n) is 7.74. The standard InChI is InChI=1S/C26H27NO3/c1-30-23-16-14-22(15-17-23)27-25(21-12-10-20(18-28)11-13-21)24(26(27)29)9-5-8-19-6-3-2-4-7-19/h2-4,6-7,10-17,24-25,28H,5,8-9,18H2,1H3/t24-,25-/m1/s1. The lowest BCUT2D eigenvalue weighted by atomic mass is 9.78. The molecule has 1 N–H and O–H groups in total. The van der Waals surface area contributed by atoms with Crippen molar-refractivity contribution in [1.82, 2.24) is 0 Å². The summed E-state index contributed by atoms with van der Waals surface area (Å²) >= 11 is 0. The Morgan fingerprint density at radius 2 is 1.60 bits per heavy atom. The molecule has 0 radical (unpaired) electrons. The Balaban J connectivity index is 1.54. The van der Waals surface area contributed by atoms with Crippen LogP contribution in [0, 0.1) is 5.92 Å². The fourth-order valence-corrected chi connectivity index (χ4v) is 4.23. The molecule has 154 valence electrons. The highest BCUT2D eigenvalue weighted by atomic mass is 16.5. The summed E-state index contributed by atoms with van der Waals surface area (Å²) in [6.45, 7) is 0.0204. The van der Waals surface area contributed by atoms with E-state index in [1.807, 2.05) is 59.5 Å². The summed E-state index contributed by atoms with van der Waals surface area (Å²) in [6.07, 6.45) is 2.80. The summed E-state index contributed by atoms with van der Waals surface area (Å²) in [7, 11) is 1.64. The minimum Gasteiger partial charge on any atom is -0.497 e. The monoisotopic (exact) mass is 401 g/mol. The van der Waals surface area contributed by atoms with Crippen molar-refractivity contribution in [2.75, 3.05) is 12.0 Å². The Hall–Kier alpha value is -3.11. The van der Waals surface area contributed by atoms with Gasteiger partial charge < -0.3 is 14.7 Å². The smallest absolute Gasteiger partial charge is 0.233 e. The molecule has 30 heavy (non-hydrogen) atoms. The third-order valence-electron chi connectivity index (χ3n) is 5.89. The molecule has 4 heteroatoms. The van der Waals surface area contributed by atoms with Gasteiger partial charge in [0, 0.05) is 5.69 Å². The van der Waals surface area contributed by atoms with E-state index >= 15 is 0 Å². The topological polar surface area (TPSA) is 49.8 Å². The zero-order valence-electron chi connectivity index (χ0n) is 17.2. The van der Waals surface area contributed by atoms with Crippen LogP contribution in [0.4, 0.5) is 5.69 Å². The number of carbonyl (C=O) groups excluding carboxylic acids is 1. The Labute approximate surface area is 177 Å². The first-order valence-corrected chi connectivity index (χ1v) is 10.4. The Bertz CT molecular complexity index is 967. The van der Waals surface area contributed by atoms with Crippen molar-refractivity contribution in [1.29, 1.82) is 0 Å². The van der Waals surface area contributed by atoms with Crippen molar-refractivity contribution in [2.24, 2.45) is 5.92 Å². The minimum atomic E-state index is -0.0317. The van der Waals surface area contributed by atoms with Gasteiger partial charge in [-0.25, -0.2) is 0 Å². The normalized spacial score (nSPS) is 18.2. The molecule has 1 amide bonds. The maximum absolute atomic E-state index is 13.1. The molecule has 0 unspecified atom stereocenters. The van der Waals surface area contributed by atoms with E-state index in [2.05, 4.69) is 24.3 Å². The molecule has 0 aliphatic carbocycles. The largest absolute Gasteiger partial charge is 0.497 e. The molecule has 0 saturated carbocycles. The zero-order chi connectivity index (χ0) is 20.9. The van der Waals surface area contributed by atoms with Crippen LogP contribution in [0.1, 0.15) is 35.6 Å². The summed E-state index contributed by atoms with van der Waals surface area (Å²) in [5.74, 6) is 0.912. The number of amides is 1. The third-order valence-corrected chi connectivity index (χ3v) is 5.89. The average molecular weight is 402 g/mol. The minimum absolute atomic E-state index is 0.00871. The van der Waals surface area contributed by atoms with Crippen LogP contribution in [-0.2, 0) is 17.8 Å². The lowest BCUT2D eigenvalue weighted by Gasteiger charge is -2.48. The van der Waals surface area contributed by atoms with Gasteiger partial charge in [-0.2, -0.15) is 0 Å². The van der Waals surface area contributed by atoms with E-state index in [9.17, 15) is 9.90 Å². The number of hydrogen-bond donors (Lipinski definition) is 1. The molecule has 0 bridgehead atoms. The van der Waals surface area contributed by atoms with Gasteiger partial charge in [-0.1, -0.05) is 54.6 Å². The number of methoxy groups -OCH3 is 1.